The van der Waals surface area contributed by atoms with Gasteiger partial charge < -0.3 is 9.84 Å². The van der Waals surface area contributed by atoms with E-state index in [1.54, 1.807) is 40.9 Å². The molecule has 2 heterocycles. The van der Waals surface area contributed by atoms with Gasteiger partial charge in [-0.3, -0.25) is 14.5 Å². The van der Waals surface area contributed by atoms with Gasteiger partial charge in [0, 0.05) is 17.8 Å². The highest BCUT2D eigenvalue weighted by Gasteiger charge is 2.19. The van der Waals surface area contributed by atoms with Gasteiger partial charge in [-0.25, -0.2) is 9.78 Å². The molecule has 1 unspecified atom stereocenters. The Morgan fingerprint density at radius 3 is 2.47 bits per heavy atom. The van der Waals surface area contributed by atoms with Gasteiger partial charge in [0.2, 0.25) is 0 Å². The molecule has 4 aromatic rings. The van der Waals surface area contributed by atoms with Gasteiger partial charge >= 0.3 is 5.97 Å². The van der Waals surface area contributed by atoms with Gasteiger partial charge in [-0.2, -0.15) is 0 Å². The first-order valence-electron chi connectivity index (χ1n) is 10.1. The van der Waals surface area contributed by atoms with Crippen LogP contribution in [0.1, 0.15) is 17.5 Å². The number of nitrogens with zero attached hydrogens (tertiary/aromatic N) is 3. The Balaban J connectivity index is 1.46. The van der Waals surface area contributed by atoms with Crippen molar-refractivity contribution >= 4 is 17.3 Å². The Bertz CT molecular complexity index is 1260. The van der Waals surface area contributed by atoms with E-state index in [1.807, 2.05) is 31.2 Å². The predicted molar refractivity (Wildman–Crippen MR) is 119 cm³/mol. The van der Waals surface area contributed by atoms with E-state index in [2.05, 4.69) is 4.98 Å². The number of aryl methyl sites for hydroxylation is 2. The van der Waals surface area contributed by atoms with Crippen LogP contribution in [-0.4, -0.2) is 31.5 Å². The lowest BCUT2D eigenvalue weighted by molar-refractivity contribution is -0.385. The Labute approximate surface area is 183 Å². The van der Waals surface area contributed by atoms with Gasteiger partial charge in [-0.05, 0) is 55.7 Å². The van der Waals surface area contributed by atoms with Gasteiger partial charge in [-0.15, -0.1) is 0 Å². The van der Waals surface area contributed by atoms with Crippen LogP contribution in [0, 0.1) is 17.0 Å². The SMILES string of the molecule is Cc1ccc(CCC(Oc2ccc(-c3cn4cc([N+](=O)[O-])ccc4n3)cc2)C(=O)O)cc1. The number of aliphatic carboxylic acids is 1. The zero-order valence-corrected chi connectivity index (χ0v) is 17.3. The quantitative estimate of drug-likeness (QED) is 0.321. The summed E-state index contributed by atoms with van der Waals surface area (Å²) in [5.74, 6) is -0.562. The highest BCUT2D eigenvalue weighted by Crippen LogP contribution is 2.24. The van der Waals surface area contributed by atoms with E-state index in [9.17, 15) is 20.0 Å². The van der Waals surface area contributed by atoms with Crippen LogP contribution in [0.2, 0.25) is 0 Å². The molecule has 0 bridgehead atoms. The summed E-state index contributed by atoms with van der Waals surface area (Å²) in [4.78, 5) is 26.6. The van der Waals surface area contributed by atoms with Crippen molar-refractivity contribution in [2.75, 3.05) is 0 Å². The number of fused-ring (bicyclic) bond motifs is 1. The molecule has 0 saturated carbocycles. The molecule has 8 nitrogen and oxygen atoms in total. The number of pyridine rings is 1. The Morgan fingerprint density at radius 1 is 1.09 bits per heavy atom. The van der Waals surface area contributed by atoms with Crippen LogP contribution in [-0.2, 0) is 11.2 Å². The third-order valence-electron chi connectivity index (χ3n) is 5.17. The Morgan fingerprint density at radius 2 is 1.81 bits per heavy atom. The maximum absolute atomic E-state index is 11.7. The van der Waals surface area contributed by atoms with Gasteiger partial charge in [-0.1, -0.05) is 29.8 Å². The summed E-state index contributed by atoms with van der Waals surface area (Å²) >= 11 is 0. The number of hydrogen-bond donors (Lipinski definition) is 1. The van der Waals surface area contributed by atoms with Gasteiger partial charge in [0.25, 0.3) is 5.69 Å². The fourth-order valence-corrected chi connectivity index (χ4v) is 3.38. The second kappa shape index (κ2) is 8.89. The number of carbonyl (C=O) groups is 1. The number of hydrogen-bond acceptors (Lipinski definition) is 5. The molecular formula is C24H21N3O5. The summed E-state index contributed by atoms with van der Waals surface area (Å²) < 4.78 is 7.31. The molecule has 0 saturated heterocycles. The number of imidazole rings is 1. The number of aromatic nitrogens is 2. The van der Waals surface area contributed by atoms with E-state index >= 15 is 0 Å². The first kappa shape index (κ1) is 21.0. The van der Waals surface area contributed by atoms with Crippen LogP contribution in [0.3, 0.4) is 0 Å². The average molecular weight is 431 g/mol. The molecule has 2 aromatic carbocycles. The molecule has 8 heteroatoms. The number of rotatable bonds is 8. The highest BCUT2D eigenvalue weighted by molar-refractivity contribution is 5.73. The molecule has 1 N–H and O–H groups in total. The number of ether oxygens (including phenoxy) is 1. The third-order valence-corrected chi connectivity index (χ3v) is 5.17. The smallest absolute Gasteiger partial charge is 0.344 e. The lowest BCUT2D eigenvalue weighted by atomic mass is 10.1. The molecular weight excluding hydrogens is 410 g/mol. The summed E-state index contributed by atoms with van der Waals surface area (Å²) in [7, 11) is 0. The molecule has 162 valence electrons. The van der Waals surface area contributed by atoms with E-state index in [0.717, 1.165) is 16.7 Å². The minimum atomic E-state index is -1.01. The molecule has 1 atom stereocenters. The molecule has 0 aliphatic rings. The van der Waals surface area contributed by atoms with Crippen LogP contribution in [0.15, 0.2) is 73.1 Å². The molecule has 0 spiro atoms. The van der Waals surface area contributed by atoms with Crippen LogP contribution in [0.4, 0.5) is 5.69 Å². The lowest BCUT2D eigenvalue weighted by Crippen LogP contribution is -2.27. The van der Waals surface area contributed by atoms with Crippen LogP contribution in [0.25, 0.3) is 16.9 Å². The van der Waals surface area contributed by atoms with Gasteiger partial charge in [0.1, 0.15) is 11.4 Å². The van der Waals surface area contributed by atoms with Crippen molar-refractivity contribution in [3.63, 3.8) is 0 Å². The first-order valence-corrected chi connectivity index (χ1v) is 10.1. The van der Waals surface area contributed by atoms with Crippen molar-refractivity contribution < 1.29 is 19.6 Å². The molecule has 4 rings (SSSR count). The number of carboxylic acids is 1. The largest absolute Gasteiger partial charge is 0.479 e. The molecule has 0 aliphatic heterocycles. The highest BCUT2D eigenvalue weighted by atomic mass is 16.6. The molecule has 0 fully saturated rings. The number of nitro groups is 1. The summed E-state index contributed by atoms with van der Waals surface area (Å²) in [6, 6.07) is 17.9. The van der Waals surface area contributed by atoms with E-state index in [-0.39, 0.29) is 5.69 Å². The fraction of sp³-hybridized carbons (Fsp3) is 0.167. The number of benzene rings is 2. The van der Waals surface area contributed by atoms with Crippen molar-refractivity contribution in [2.45, 2.75) is 25.9 Å². The summed E-state index contributed by atoms with van der Waals surface area (Å²) in [5.41, 5.74) is 4.22. The van der Waals surface area contributed by atoms with Gasteiger partial charge in [0.05, 0.1) is 16.8 Å². The van der Waals surface area contributed by atoms with Crippen LogP contribution in [0.5, 0.6) is 5.75 Å². The zero-order valence-electron chi connectivity index (χ0n) is 17.3. The lowest BCUT2D eigenvalue weighted by Gasteiger charge is -2.15. The standard InChI is InChI=1S/C24H21N3O5/c1-16-2-4-17(5-3-16)6-12-22(24(28)29)32-20-10-7-18(8-11-20)21-15-26-14-19(27(30)31)9-13-23(26)25-21/h2-5,7-11,13-15,22H,6,12H2,1H3,(H,28,29). The predicted octanol–water partition coefficient (Wildman–Crippen LogP) is 4.68. The summed E-state index contributed by atoms with van der Waals surface area (Å²) in [5, 5.41) is 20.5. The van der Waals surface area contributed by atoms with Crippen molar-refractivity contribution in [3.05, 3.63) is 94.3 Å². The fourth-order valence-electron chi connectivity index (χ4n) is 3.38. The van der Waals surface area contributed by atoms with Crippen molar-refractivity contribution in [1.82, 2.24) is 9.38 Å². The topological polar surface area (TPSA) is 107 Å². The second-order valence-corrected chi connectivity index (χ2v) is 7.53. The molecule has 0 amide bonds. The Kier molecular flexibility index (Phi) is 5.85. The zero-order chi connectivity index (χ0) is 22.7. The van der Waals surface area contributed by atoms with E-state index < -0.39 is 17.0 Å². The minimum Gasteiger partial charge on any atom is -0.479 e. The minimum absolute atomic E-state index is 0.0180. The first-order chi connectivity index (χ1) is 15.4. The van der Waals surface area contributed by atoms with E-state index in [1.165, 1.54) is 12.3 Å². The van der Waals surface area contributed by atoms with Crippen molar-refractivity contribution in [1.29, 1.82) is 0 Å². The summed E-state index contributed by atoms with van der Waals surface area (Å²) in [6.07, 6.45) is 3.11. The monoisotopic (exact) mass is 431 g/mol. The van der Waals surface area contributed by atoms with Crippen molar-refractivity contribution in [2.24, 2.45) is 0 Å². The molecule has 2 aromatic heterocycles. The molecule has 32 heavy (non-hydrogen) atoms. The number of carboxylic acid groups (broad SMARTS) is 1. The van der Waals surface area contributed by atoms with Crippen molar-refractivity contribution in [3.8, 4) is 17.0 Å². The van der Waals surface area contributed by atoms with Gasteiger partial charge in [0.15, 0.2) is 6.10 Å². The third kappa shape index (κ3) is 4.75. The molecule has 0 aliphatic carbocycles. The average Bonchev–Trinajstić information content (AvgIpc) is 3.21. The van der Waals surface area contributed by atoms with Crippen LogP contribution >= 0.6 is 0 Å². The maximum atomic E-state index is 11.7. The molecule has 0 radical (unpaired) electrons. The normalized spacial score (nSPS) is 11.9. The second-order valence-electron chi connectivity index (χ2n) is 7.53. The van der Waals surface area contributed by atoms with E-state index in [0.29, 0.717) is 29.9 Å². The van der Waals surface area contributed by atoms with E-state index in [4.69, 9.17) is 4.74 Å². The maximum Gasteiger partial charge on any atom is 0.344 e. The summed E-state index contributed by atoms with van der Waals surface area (Å²) in [6.45, 7) is 2.01. The Hall–Kier alpha value is -4.20. The van der Waals surface area contributed by atoms with Crippen LogP contribution < -0.4 is 4.74 Å².